The van der Waals surface area contributed by atoms with Gasteiger partial charge in [0, 0.05) is 12.6 Å². The van der Waals surface area contributed by atoms with E-state index in [4.69, 9.17) is 15.2 Å². The van der Waals surface area contributed by atoms with Crippen LogP contribution in [0.25, 0.3) is 0 Å². The maximum Gasteiger partial charge on any atom is 0.168 e. The zero-order valence-electron chi connectivity index (χ0n) is 8.21. The lowest BCUT2D eigenvalue weighted by atomic mass is 9.82. The first kappa shape index (κ1) is 10.6. The van der Waals surface area contributed by atoms with E-state index in [2.05, 4.69) is 0 Å². The zero-order chi connectivity index (χ0) is 9.90. The highest BCUT2D eigenvalue weighted by atomic mass is 16.5. The van der Waals surface area contributed by atoms with E-state index < -0.39 is 5.41 Å². The van der Waals surface area contributed by atoms with Gasteiger partial charge in [0.15, 0.2) is 5.78 Å². The second-order valence-electron chi connectivity index (χ2n) is 3.60. The summed E-state index contributed by atoms with van der Waals surface area (Å²) >= 11 is 0. The second kappa shape index (κ2) is 4.17. The van der Waals surface area contributed by atoms with Gasteiger partial charge < -0.3 is 15.2 Å². The van der Waals surface area contributed by atoms with E-state index in [9.17, 15) is 4.79 Å². The van der Waals surface area contributed by atoms with Crippen molar-refractivity contribution in [3.63, 3.8) is 0 Å². The largest absolute Gasteiger partial charge is 0.379 e. The standard InChI is InChI=1S/C9H17NO3/c1-3-12-5-8(11)9(2)6-13-4-7(9)10/h7H,3-6,10H2,1-2H3. The van der Waals surface area contributed by atoms with Gasteiger partial charge in [0.05, 0.1) is 18.6 Å². The summed E-state index contributed by atoms with van der Waals surface area (Å²) in [5.41, 5.74) is 5.24. The third kappa shape index (κ3) is 2.07. The Bertz CT molecular complexity index is 195. The van der Waals surface area contributed by atoms with Gasteiger partial charge in [-0.3, -0.25) is 4.79 Å². The Balaban J connectivity index is 2.53. The maximum atomic E-state index is 11.7. The van der Waals surface area contributed by atoms with Crippen molar-refractivity contribution in [2.24, 2.45) is 11.1 Å². The predicted octanol–water partition coefficient (Wildman–Crippen LogP) is -0.0442. The van der Waals surface area contributed by atoms with Gasteiger partial charge in [0.2, 0.25) is 0 Å². The van der Waals surface area contributed by atoms with Crippen LogP contribution in [-0.4, -0.2) is 38.3 Å². The molecule has 0 radical (unpaired) electrons. The van der Waals surface area contributed by atoms with Crippen LogP contribution < -0.4 is 5.73 Å². The number of hydrogen-bond acceptors (Lipinski definition) is 4. The SMILES string of the molecule is CCOCC(=O)C1(C)COCC1N. The second-order valence-corrected chi connectivity index (χ2v) is 3.60. The van der Waals surface area contributed by atoms with Gasteiger partial charge in [-0.15, -0.1) is 0 Å². The lowest BCUT2D eigenvalue weighted by Crippen LogP contribution is -2.45. The summed E-state index contributed by atoms with van der Waals surface area (Å²) in [6.07, 6.45) is 0. The number of hydrogen-bond donors (Lipinski definition) is 1. The van der Waals surface area contributed by atoms with Crippen molar-refractivity contribution in [3.8, 4) is 0 Å². The molecule has 2 atom stereocenters. The first-order chi connectivity index (χ1) is 6.11. The molecule has 0 aromatic carbocycles. The van der Waals surface area contributed by atoms with E-state index in [1.54, 1.807) is 0 Å². The number of Topliss-reactive ketones (excluding diaryl/α,β-unsaturated/α-hetero) is 1. The van der Waals surface area contributed by atoms with Crippen molar-refractivity contribution < 1.29 is 14.3 Å². The normalized spacial score (nSPS) is 33.6. The molecule has 4 heteroatoms. The molecule has 0 saturated carbocycles. The Labute approximate surface area is 78.4 Å². The van der Waals surface area contributed by atoms with Crippen LogP contribution in [0.15, 0.2) is 0 Å². The minimum absolute atomic E-state index is 0.0411. The van der Waals surface area contributed by atoms with Crippen LogP contribution in [0.2, 0.25) is 0 Å². The van der Waals surface area contributed by atoms with Crippen LogP contribution in [0.5, 0.6) is 0 Å². The van der Waals surface area contributed by atoms with Crippen molar-refractivity contribution in [2.75, 3.05) is 26.4 Å². The molecule has 4 nitrogen and oxygen atoms in total. The van der Waals surface area contributed by atoms with Crippen LogP contribution in [-0.2, 0) is 14.3 Å². The molecule has 0 bridgehead atoms. The Hall–Kier alpha value is -0.450. The highest BCUT2D eigenvalue weighted by Gasteiger charge is 2.43. The molecule has 1 aliphatic heterocycles. The van der Waals surface area contributed by atoms with Crippen LogP contribution in [0.3, 0.4) is 0 Å². The van der Waals surface area contributed by atoms with Crippen LogP contribution >= 0.6 is 0 Å². The van der Waals surface area contributed by atoms with Gasteiger partial charge in [-0.05, 0) is 13.8 Å². The first-order valence-electron chi connectivity index (χ1n) is 4.55. The quantitative estimate of drug-likeness (QED) is 0.670. The van der Waals surface area contributed by atoms with Gasteiger partial charge >= 0.3 is 0 Å². The lowest BCUT2D eigenvalue weighted by Gasteiger charge is -2.24. The van der Waals surface area contributed by atoms with Crippen molar-refractivity contribution >= 4 is 5.78 Å². The lowest BCUT2D eigenvalue weighted by molar-refractivity contribution is -0.133. The molecule has 1 heterocycles. The number of carbonyl (C=O) groups excluding carboxylic acids is 1. The molecule has 1 rings (SSSR count). The first-order valence-corrected chi connectivity index (χ1v) is 4.55. The molecule has 0 spiro atoms. The summed E-state index contributed by atoms with van der Waals surface area (Å²) in [6, 6.07) is -0.194. The number of rotatable bonds is 4. The van der Waals surface area contributed by atoms with Crippen molar-refractivity contribution in [2.45, 2.75) is 19.9 Å². The molecule has 1 fully saturated rings. The molecule has 0 amide bonds. The van der Waals surface area contributed by atoms with Gasteiger partial charge in [0.1, 0.15) is 6.61 Å². The number of carbonyl (C=O) groups is 1. The van der Waals surface area contributed by atoms with Crippen LogP contribution in [0.1, 0.15) is 13.8 Å². The summed E-state index contributed by atoms with van der Waals surface area (Å²) in [4.78, 5) is 11.7. The van der Waals surface area contributed by atoms with Gasteiger partial charge in [-0.1, -0.05) is 0 Å². The third-order valence-corrected chi connectivity index (χ3v) is 2.59. The summed E-state index contributed by atoms with van der Waals surface area (Å²) in [6.45, 7) is 5.28. The molecule has 2 N–H and O–H groups in total. The molecular formula is C9H17NO3. The van der Waals surface area contributed by atoms with Crippen molar-refractivity contribution in [3.05, 3.63) is 0 Å². The topological polar surface area (TPSA) is 61.5 Å². The average molecular weight is 187 g/mol. The van der Waals surface area contributed by atoms with Crippen molar-refractivity contribution in [1.82, 2.24) is 0 Å². The predicted molar refractivity (Wildman–Crippen MR) is 48.4 cm³/mol. The molecule has 0 aliphatic carbocycles. The zero-order valence-corrected chi connectivity index (χ0v) is 8.21. The highest BCUT2D eigenvalue weighted by Crippen LogP contribution is 2.27. The molecule has 13 heavy (non-hydrogen) atoms. The molecule has 76 valence electrons. The van der Waals surface area contributed by atoms with E-state index in [0.717, 1.165) is 0 Å². The van der Waals surface area contributed by atoms with E-state index in [1.165, 1.54) is 0 Å². The fourth-order valence-electron chi connectivity index (χ4n) is 1.34. The Morgan fingerprint density at radius 3 is 2.92 bits per heavy atom. The maximum absolute atomic E-state index is 11.7. The monoisotopic (exact) mass is 187 g/mol. The van der Waals surface area contributed by atoms with Gasteiger partial charge in [-0.25, -0.2) is 0 Å². The fraction of sp³-hybridized carbons (Fsp3) is 0.889. The molecule has 0 aromatic heterocycles. The number of ketones is 1. The Morgan fingerprint density at radius 2 is 2.46 bits per heavy atom. The van der Waals surface area contributed by atoms with Crippen LogP contribution in [0, 0.1) is 5.41 Å². The van der Waals surface area contributed by atoms with E-state index in [1.807, 2.05) is 13.8 Å². The molecule has 1 saturated heterocycles. The van der Waals surface area contributed by atoms with Crippen molar-refractivity contribution in [1.29, 1.82) is 0 Å². The molecule has 2 unspecified atom stereocenters. The average Bonchev–Trinajstić information content (AvgIpc) is 2.44. The summed E-state index contributed by atoms with van der Waals surface area (Å²) < 4.78 is 10.2. The number of ether oxygens (including phenoxy) is 2. The fourth-order valence-corrected chi connectivity index (χ4v) is 1.34. The Kier molecular flexibility index (Phi) is 3.41. The van der Waals surface area contributed by atoms with Gasteiger partial charge in [0.25, 0.3) is 0 Å². The minimum Gasteiger partial charge on any atom is -0.379 e. The van der Waals surface area contributed by atoms with Crippen LogP contribution in [0.4, 0.5) is 0 Å². The summed E-state index contributed by atoms with van der Waals surface area (Å²) in [5.74, 6) is 0.0411. The minimum atomic E-state index is -0.546. The molecular weight excluding hydrogens is 170 g/mol. The van der Waals surface area contributed by atoms with E-state index in [-0.39, 0.29) is 18.4 Å². The Morgan fingerprint density at radius 1 is 1.77 bits per heavy atom. The molecule has 1 aliphatic rings. The third-order valence-electron chi connectivity index (χ3n) is 2.59. The molecule has 0 aromatic rings. The van der Waals surface area contributed by atoms with E-state index >= 15 is 0 Å². The smallest absolute Gasteiger partial charge is 0.168 e. The summed E-state index contributed by atoms with van der Waals surface area (Å²) in [5, 5.41) is 0. The van der Waals surface area contributed by atoms with Gasteiger partial charge in [-0.2, -0.15) is 0 Å². The highest BCUT2D eigenvalue weighted by molar-refractivity contribution is 5.86. The summed E-state index contributed by atoms with van der Waals surface area (Å²) in [7, 11) is 0. The van der Waals surface area contributed by atoms with E-state index in [0.29, 0.717) is 19.8 Å². The number of nitrogens with two attached hydrogens (primary N) is 1.